The molecular weight excluding hydrogens is 382 g/mol. The van der Waals surface area contributed by atoms with Crippen molar-refractivity contribution in [3.8, 4) is 11.5 Å². The molecule has 1 amide bonds. The molecule has 1 atom stereocenters. The highest BCUT2D eigenvalue weighted by Crippen LogP contribution is 2.32. The second-order valence-corrected chi connectivity index (χ2v) is 9.62. The Morgan fingerprint density at radius 3 is 2.55 bits per heavy atom. The van der Waals surface area contributed by atoms with Crippen LogP contribution in [0.15, 0.2) is 58.2 Å². The minimum atomic E-state index is -0.308. The van der Waals surface area contributed by atoms with E-state index in [-0.39, 0.29) is 16.6 Å². The van der Waals surface area contributed by atoms with E-state index in [2.05, 4.69) is 49.2 Å². The molecule has 0 fully saturated rings. The molecule has 1 unspecified atom stereocenters. The smallest absolute Gasteiger partial charge is 0.277 e. The van der Waals surface area contributed by atoms with Crippen LogP contribution in [0.1, 0.15) is 38.8 Å². The lowest BCUT2D eigenvalue weighted by molar-refractivity contribution is -0.117. The first-order valence-electron chi connectivity index (χ1n) is 9.83. The van der Waals surface area contributed by atoms with Gasteiger partial charge in [-0.2, -0.15) is 0 Å². The molecule has 0 saturated heterocycles. The zero-order valence-electron chi connectivity index (χ0n) is 17.2. The fourth-order valence-electron chi connectivity index (χ4n) is 3.48. The highest BCUT2D eigenvalue weighted by molar-refractivity contribution is 8.00. The van der Waals surface area contributed by atoms with E-state index in [1.165, 1.54) is 22.9 Å². The minimum absolute atomic E-state index is 0.0641. The Morgan fingerprint density at radius 1 is 1.10 bits per heavy atom. The number of rotatable bonds is 4. The van der Waals surface area contributed by atoms with E-state index in [4.69, 9.17) is 4.42 Å². The highest BCUT2D eigenvalue weighted by Gasteiger charge is 2.29. The molecule has 29 heavy (non-hydrogen) atoms. The van der Waals surface area contributed by atoms with Crippen molar-refractivity contribution in [2.24, 2.45) is 0 Å². The van der Waals surface area contributed by atoms with Crippen LogP contribution in [0.25, 0.3) is 11.5 Å². The summed E-state index contributed by atoms with van der Waals surface area (Å²) in [6, 6.07) is 16.2. The van der Waals surface area contributed by atoms with Crippen LogP contribution in [0, 0.1) is 0 Å². The van der Waals surface area contributed by atoms with Gasteiger partial charge in [0, 0.05) is 17.8 Å². The largest absolute Gasteiger partial charge is 0.411 e. The molecule has 1 aliphatic rings. The van der Waals surface area contributed by atoms with Crippen LogP contribution in [0.5, 0.6) is 0 Å². The van der Waals surface area contributed by atoms with Gasteiger partial charge in [-0.3, -0.25) is 4.79 Å². The molecule has 1 aliphatic heterocycles. The van der Waals surface area contributed by atoms with Crippen molar-refractivity contribution >= 4 is 23.4 Å². The van der Waals surface area contributed by atoms with Gasteiger partial charge in [0.25, 0.3) is 5.22 Å². The Balaban J connectivity index is 1.44. The average Bonchev–Trinajstić information content (AvgIpc) is 3.34. The molecule has 0 aliphatic carbocycles. The van der Waals surface area contributed by atoms with Crippen LogP contribution in [-0.4, -0.2) is 27.9 Å². The third-order valence-corrected chi connectivity index (χ3v) is 6.10. The van der Waals surface area contributed by atoms with Crippen LogP contribution in [0.2, 0.25) is 0 Å². The number of carbonyl (C=O) groups is 1. The maximum absolute atomic E-state index is 12.9. The summed E-state index contributed by atoms with van der Waals surface area (Å²) in [7, 11) is 0. The number of para-hydroxylation sites is 1. The van der Waals surface area contributed by atoms with E-state index in [0.29, 0.717) is 11.1 Å². The Kier molecular flexibility index (Phi) is 5.21. The number of anilines is 1. The number of aromatic nitrogens is 2. The third-order valence-electron chi connectivity index (χ3n) is 5.18. The van der Waals surface area contributed by atoms with Crippen molar-refractivity contribution in [1.82, 2.24) is 10.2 Å². The molecule has 3 aromatic rings. The zero-order valence-corrected chi connectivity index (χ0v) is 18.0. The van der Waals surface area contributed by atoms with E-state index in [1.807, 2.05) is 42.2 Å². The van der Waals surface area contributed by atoms with Gasteiger partial charge in [0.15, 0.2) is 0 Å². The summed E-state index contributed by atoms with van der Waals surface area (Å²) in [5.41, 5.74) is 4.45. The molecule has 150 valence electrons. The van der Waals surface area contributed by atoms with E-state index < -0.39 is 0 Å². The van der Waals surface area contributed by atoms with Gasteiger partial charge in [0.1, 0.15) is 0 Å². The summed E-state index contributed by atoms with van der Waals surface area (Å²) in [5.74, 6) is 0.536. The van der Waals surface area contributed by atoms with Gasteiger partial charge in [-0.1, -0.05) is 62.9 Å². The lowest BCUT2D eigenvalue weighted by Crippen LogP contribution is -2.35. The molecule has 0 spiro atoms. The number of benzene rings is 2. The summed E-state index contributed by atoms with van der Waals surface area (Å²) in [4.78, 5) is 14.8. The van der Waals surface area contributed by atoms with Gasteiger partial charge in [-0.05, 0) is 48.1 Å². The van der Waals surface area contributed by atoms with Crippen molar-refractivity contribution in [2.75, 3.05) is 11.4 Å². The Morgan fingerprint density at radius 2 is 1.83 bits per heavy atom. The SMILES string of the molecule is CC(Sc1nnc(-c2ccc(C(C)(C)C)cc2)o1)C(=O)N1CCc2ccccc21. The van der Waals surface area contributed by atoms with Crippen LogP contribution in [0.4, 0.5) is 5.69 Å². The number of carbonyl (C=O) groups excluding carboxylic acids is 1. The normalized spacial score (nSPS) is 14.7. The molecular formula is C23H25N3O2S. The monoisotopic (exact) mass is 407 g/mol. The second-order valence-electron chi connectivity index (χ2n) is 8.33. The van der Waals surface area contributed by atoms with Gasteiger partial charge in [0.05, 0.1) is 5.25 Å². The van der Waals surface area contributed by atoms with E-state index in [1.54, 1.807) is 0 Å². The van der Waals surface area contributed by atoms with Crippen LogP contribution in [-0.2, 0) is 16.6 Å². The molecule has 4 rings (SSSR count). The van der Waals surface area contributed by atoms with Crippen molar-refractivity contribution in [1.29, 1.82) is 0 Å². The lowest BCUT2D eigenvalue weighted by Gasteiger charge is -2.20. The summed E-state index contributed by atoms with van der Waals surface area (Å²) >= 11 is 1.30. The average molecular weight is 408 g/mol. The standard InChI is InChI=1S/C23H25N3O2S/c1-15(21(27)26-14-13-16-7-5-6-8-19(16)26)29-22-25-24-20(28-22)17-9-11-18(12-10-17)23(2,3)4/h5-12,15H,13-14H2,1-4H3. The summed E-state index contributed by atoms with van der Waals surface area (Å²) in [6.45, 7) is 9.15. The minimum Gasteiger partial charge on any atom is -0.411 e. The molecule has 0 N–H and O–H groups in total. The molecule has 0 radical (unpaired) electrons. The quantitative estimate of drug-likeness (QED) is 0.563. The number of amides is 1. The third kappa shape index (κ3) is 4.08. The molecule has 6 heteroatoms. The topological polar surface area (TPSA) is 59.2 Å². The second kappa shape index (κ2) is 7.67. The van der Waals surface area contributed by atoms with E-state index in [0.717, 1.165) is 24.2 Å². The predicted octanol–water partition coefficient (Wildman–Crippen LogP) is 5.10. The highest BCUT2D eigenvalue weighted by atomic mass is 32.2. The fourth-order valence-corrected chi connectivity index (χ4v) is 4.22. The van der Waals surface area contributed by atoms with E-state index >= 15 is 0 Å². The maximum atomic E-state index is 12.9. The zero-order chi connectivity index (χ0) is 20.6. The first-order valence-corrected chi connectivity index (χ1v) is 10.7. The van der Waals surface area contributed by atoms with Crippen LogP contribution in [0.3, 0.4) is 0 Å². The van der Waals surface area contributed by atoms with Crippen molar-refractivity contribution in [3.63, 3.8) is 0 Å². The molecule has 0 bridgehead atoms. The predicted molar refractivity (Wildman–Crippen MR) is 116 cm³/mol. The van der Waals surface area contributed by atoms with Gasteiger partial charge >= 0.3 is 0 Å². The van der Waals surface area contributed by atoms with Crippen LogP contribution >= 0.6 is 11.8 Å². The molecule has 2 heterocycles. The summed E-state index contributed by atoms with van der Waals surface area (Å²) in [6.07, 6.45) is 0.897. The first kappa shape index (κ1) is 19.7. The Labute approximate surface area is 175 Å². The van der Waals surface area contributed by atoms with Gasteiger partial charge in [-0.25, -0.2) is 0 Å². The van der Waals surface area contributed by atoms with Crippen LogP contribution < -0.4 is 4.90 Å². The molecule has 1 aromatic heterocycles. The van der Waals surface area contributed by atoms with E-state index in [9.17, 15) is 4.79 Å². The first-order chi connectivity index (χ1) is 13.8. The van der Waals surface area contributed by atoms with Gasteiger partial charge < -0.3 is 9.32 Å². The number of hydrogen-bond acceptors (Lipinski definition) is 5. The van der Waals surface area contributed by atoms with Gasteiger partial charge in [-0.15, -0.1) is 10.2 Å². The molecule has 2 aromatic carbocycles. The fraction of sp³-hybridized carbons (Fsp3) is 0.348. The maximum Gasteiger partial charge on any atom is 0.277 e. The molecule has 5 nitrogen and oxygen atoms in total. The number of fused-ring (bicyclic) bond motifs is 1. The number of nitrogens with zero attached hydrogens (tertiary/aromatic N) is 3. The Hall–Kier alpha value is -2.60. The summed E-state index contributed by atoms with van der Waals surface area (Å²) < 4.78 is 5.82. The Bertz CT molecular complexity index is 1020. The number of hydrogen-bond donors (Lipinski definition) is 0. The number of thioether (sulfide) groups is 1. The molecule has 0 saturated carbocycles. The lowest BCUT2D eigenvalue weighted by atomic mass is 9.87. The van der Waals surface area contributed by atoms with Crippen molar-refractivity contribution in [2.45, 2.75) is 50.0 Å². The summed E-state index contributed by atoms with van der Waals surface area (Å²) in [5, 5.41) is 8.40. The van der Waals surface area contributed by atoms with Gasteiger partial charge in [0.2, 0.25) is 11.8 Å². The van der Waals surface area contributed by atoms with Crippen molar-refractivity contribution in [3.05, 3.63) is 59.7 Å². The van der Waals surface area contributed by atoms with Crippen molar-refractivity contribution < 1.29 is 9.21 Å².